The van der Waals surface area contributed by atoms with Gasteiger partial charge in [0, 0.05) is 17.4 Å². The smallest absolute Gasteiger partial charge is 0.387 e. The van der Waals surface area contributed by atoms with Crippen LogP contribution in [0.4, 0.5) is 17.6 Å². The lowest BCUT2D eigenvalue weighted by molar-refractivity contribution is -0.141. The van der Waals surface area contributed by atoms with Crippen molar-refractivity contribution in [1.82, 2.24) is 15.3 Å². The van der Waals surface area contributed by atoms with E-state index >= 15 is 0 Å². The van der Waals surface area contributed by atoms with Gasteiger partial charge in [-0.3, -0.25) is 14.8 Å². The van der Waals surface area contributed by atoms with Gasteiger partial charge in [0.1, 0.15) is 17.9 Å². The van der Waals surface area contributed by atoms with Crippen molar-refractivity contribution in [3.63, 3.8) is 0 Å². The van der Waals surface area contributed by atoms with E-state index in [2.05, 4.69) is 15.3 Å². The number of rotatable bonds is 4. The normalized spacial score (nSPS) is 23.1. The molecule has 2 N–H and O–H groups in total. The Morgan fingerprint density at radius 1 is 1.23 bits per heavy atom. The Morgan fingerprint density at radius 2 is 1.90 bits per heavy atom. The second-order valence-electron chi connectivity index (χ2n) is 7.13. The number of pyridine rings is 2. The zero-order valence-electron chi connectivity index (χ0n) is 15.4. The molecule has 162 valence electrons. The number of aliphatic hydroxyl groups is 1. The zero-order chi connectivity index (χ0) is 22.1. The van der Waals surface area contributed by atoms with Gasteiger partial charge in [0.05, 0.1) is 21.9 Å². The van der Waals surface area contributed by atoms with E-state index in [0.717, 1.165) is 6.20 Å². The summed E-state index contributed by atoms with van der Waals surface area (Å²) in [5, 5.41) is 13.6. The van der Waals surface area contributed by atoms with E-state index in [9.17, 15) is 27.5 Å². The van der Waals surface area contributed by atoms with Crippen molar-refractivity contribution in [1.29, 1.82) is 0 Å². The molecule has 0 spiro atoms. The number of carbonyl (C=O) groups is 1. The van der Waals surface area contributed by atoms with Crippen molar-refractivity contribution in [2.75, 3.05) is 0 Å². The molecule has 3 rings (SSSR count). The standard InChI is InChI=1S/C19H17Cl2F4N3O2/c20-10-3-6-26-14(7-10)16(18(30)4-1-11(22)2-5-18)28-17(29)12-8-15(19(23,24)25)27-9-13(12)21/h3,6-9,11,16,30H,1-2,4-5H2,(H,28,29). The summed E-state index contributed by atoms with van der Waals surface area (Å²) in [6.45, 7) is 0. The van der Waals surface area contributed by atoms with Crippen LogP contribution in [0, 0.1) is 0 Å². The van der Waals surface area contributed by atoms with Gasteiger partial charge in [-0.25, -0.2) is 4.39 Å². The van der Waals surface area contributed by atoms with Gasteiger partial charge in [-0.15, -0.1) is 0 Å². The minimum absolute atomic E-state index is 0.0190. The number of nitrogens with zero attached hydrogens (tertiary/aromatic N) is 2. The molecule has 5 nitrogen and oxygen atoms in total. The summed E-state index contributed by atoms with van der Waals surface area (Å²) in [6.07, 6.45) is -3.59. The van der Waals surface area contributed by atoms with Gasteiger partial charge in [-0.05, 0) is 43.9 Å². The fraction of sp³-hybridized carbons (Fsp3) is 0.421. The second-order valence-corrected chi connectivity index (χ2v) is 7.97. The lowest BCUT2D eigenvalue weighted by Crippen LogP contribution is -2.49. The summed E-state index contributed by atoms with van der Waals surface area (Å²) in [5.41, 5.74) is -3.13. The molecular formula is C19H17Cl2F4N3O2. The Bertz CT molecular complexity index is 934. The summed E-state index contributed by atoms with van der Waals surface area (Å²) < 4.78 is 52.6. The lowest BCUT2D eigenvalue weighted by atomic mass is 9.77. The average molecular weight is 466 g/mol. The number of nitrogens with one attached hydrogen (secondary N) is 1. The van der Waals surface area contributed by atoms with E-state index in [-0.39, 0.29) is 41.4 Å². The van der Waals surface area contributed by atoms with E-state index in [4.69, 9.17) is 23.2 Å². The number of hydrogen-bond acceptors (Lipinski definition) is 4. The Morgan fingerprint density at radius 3 is 2.50 bits per heavy atom. The molecule has 30 heavy (non-hydrogen) atoms. The molecule has 1 aliphatic carbocycles. The maximum atomic E-state index is 13.6. The molecule has 2 heterocycles. The van der Waals surface area contributed by atoms with Gasteiger partial charge >= 0.3 is 6.18 Å². The number of amides is 1. The molecule has 1 atom stereocenters. The average Bonchev–Trinajstić information content (AvgIpc) is 2.67. The van der Waals surface area contributed by atoms with Crippen molar-refractivity contribution in [3.05, 3.63) is 57.6 Å². The van der Waals surface area contributed by atoms with Crippen LogP contribution in [0.15, 0.2) is 30.6 Å². The van der Waals surface area contributed by atoms with Crippen LogP contribution in [0.25, 0.3) is 0 Å². The number of hydrogen-bond donors (Lipinski definition) is 2. The molecule has 0 saturated heterocycles. The zero-order valence-corrected chi connectivity index (χ0v) is 16.9. The number of aromatic nitrogens is 2. The third kappa shape index (κ3) is 5.01. The van der Waals surface area contributed by atoms with Gasteiger partial charge < -0.3 is 10.4 Å². The lowest BCUT2D eigenvalue weighted by Gasteiger charge is -2.40. The van der Waals surface area contributed by atoms with Crippen LogP contribution in [0.2, 0.25) is 10.0 Å². The highest BCUT2D eigenvalue weighted by atomic mass is 35.5. The van der Waals surface area contributed by atoms with Crippen LogP contribution in [0.5, 0.6) is 0 Å². The van der Waals surface area contributed by atoms with Gasteiger partial charge in [0.2, 0.25) is 0 Å². The summed E-state index contributed by atoms with van der Waals surface area (Å²) in [4.78, 5) is 20.1. The number of carbonyl (C=O) groups excluding carboxylic acids is 1. The summed E-state index contributed by atoms with van der Waals surface area (Å²) in [7, 11) is 0. The van der Waals surface area contributed by atoms with E-state index in [1.165, 1.54) is 18.3 Å². The third-order valence-electron chi connectivity index (χ3n) is 5.02. The van der Waals surface area contributed by atoms with E-state index in [1.54, 1.807) is 0 Å². The van der Waals surface area contributed by atoms with Gasteiger partial charge in [0.15, 0.2) is 0 Å². The quantitative estimate of drug-likeness (QED) is 0.628. The number of halogens is 6. The number of alkyl halides is 4. The SMILES string of the molecule is O=C(NC(c1cc(Cl)ccn1)C1(O)CCC(F)CC1)c1cc(C(F)(F)F)ncc1Cl. The second kappa shape index (κ2) is 8.64. The van der Waals surface area contributed by atoms with Gasteiger partial charge in [0.25, 0.3) is 5.91 Å². The molecule has 1 aliphatic rings. The Kier molecular flexibility index (Phi) is 6.54. The minimum Gasteiger partial charge on any atom is -0.387 e. The van der Waals surface area contributed by atoms with Crippen LogP contribution >= 0.6 is 23.2 Å². The molecule has 11 heteroatoms. The van der Waals surface area contributed by atoms with Crippen LogP contribution in [0.1, 0.15) is 53.5 Å². The highest BCUT2D eigenvalue weighted by Gasteiger charge is 2.43. The van der Waals surface area contributed by atoms with Gasteiger partial charge in [-0.2, -0.15) is 13.2 Å². The molecule has 1 saturated carbocycles. The predicted molar refractivity (Wildman–Crippen MR) is 102 cm³/mol. The first-order valence-corrected chi connectivity index (χ1v) is 9.77. The van der Waals surface area contributed by atoms with Crippen molar-refractivity contribution < 1.29 is 27.5 Å². The predicted octanol–water partition coefficient (Wildman–Crippen LogP) is 4.92. The van der Waals surface area contributed by atoms with Gasteiger partial charge in [-0.1, -0.05) is 23.2 Å². The molecule has 0 radical (unpaired) electrons. The Labute approximate surface area is 179 Å². The maximum absolute atomic E-state index is 13.6. The van der Waals surface area contributed by atoms with Crippen molar-refractivity contribution in [2.24, 2.45) is 0 Å². The molecular weight excluding hydrogens is 449 g/mol. The van der Waals surface area contributed by atoms with Crippen LogP contribution in [0.3, 0.4) is 0 Å². The molecule has 1 fully saturated rings. The molecule has 0 aromatic carbocycles. The van der Waals surface area contributed by atoms with Crippen molar-refractivity contribution >= 4 is 29.1 Å². The summed E-state index contributed by atoms with van der Waals surface area (Å²) in [6, 6.07) is 2.29. The Balaban J connectivity index is 1.97. The summed E-state index contributed by atoms with van der Waals surface area (Å²) >= 11 is 11.9. The third-order valence-corrected chi connectivity index (χ3v) is 5.56. The molecule has 2 aromatic rings. The van der Waals surface area contributed by atoms with Crippen LogP contribution in [-0.2, 0) is 6.18 Å². The van der Waals surface area contributed by atoms with Crippen LogP contribution < -0.4 is 5.32 Å². The molecule has 1 unspecified atom stereocenters. The fourth-order valence-electron chi connectivity index (χ4n) is 3.41. The van der Waals surface area contributed by atoms with Crippen LogP contribution in [-0.4, -0.2) is 32.8 Å². The monoisotopic (exact) mass is 465 g/mol. The maximum Gasteiger partial charge on any atom is 0.433 e. The highest BCUT2D eigenvalue weighted by Crippen LogP contribution is 2.40. The topological polar surface area (TPSA) is 75.1 Å². The first-order chi connectivity index (χ1) is 14.0. The molecule has 0 bridgehead atoms. The van der Waals surface area contributed by atoms with Crippen molar-refractivity contribution in [3.8, 4) is 0 Å². The molecule has 2 aromatic heterocycles. The van der Waals surface area contributed by atoms with Crippen molar-refractivity contribution in [2.45, 2.75) is 49.7 Å². The largest absolute Gasteiger partial charge is 0.433 e. The molecule has 0 aliphatic heterocycles. The minimum atomic E-state index is -4.77. The van der Waals surface area contributed by atoms with E-state index in [1.807, 2.05) is 0 Å². The van der Waals surface area contributed by atoms with E-state index in [0.29, 0.717) is 6.07 Å². The Hall–Kier alpha value is -1.97. The highest BCUT2D eigenvalue weighted by molar-refractivity contribution is 6.33. The fourth-order valence-corrected chi connectivity index (χ4v) is 3.77. The first kappa shape index (κ1) is 22.7. The van der Waals surface area contributed by atoms with E-state index < -0.39 is 41.2 Å². The summed E-state index contributed by atoms with van der Waals surface area (Å²) in [5.74, 6) is -0.963. The first-order valence-electron chi connectivity index (χ1n) is 9.01. The molecule has 1 amide bonds.